The van der Waals surface area contributed by atoms with E-state index in [0.717, 1.165) is 25.7 Å². The number of alkyl halides is 1. The van der Waals surface area contributed by atoms with Crippen molar-refractivity contribution in [3.8, 4) is 5.95 Å². The van der Waals surface area contributed by atoms with Gasteiger partial charge < -0.3 is 5.32 Å². The quantitative estimate of drug-likeness (QED) is 0.692. The Morgan fingerprint density at radius 2 is 2.07 bits per heavy atom. The molecule has 29 heavy (non-hydrogen) atoms. The number of halogens is 1. The number of carbonyl (C=O) groups is 1. The smallest absolute Gasteiger partial charge is 0.272 e. The summed E-state index contributed by atoms with van der Waals surface area (Å²) in [5, 5.41) is 9.93. The van der Waals surface area contributed by atoms with Gasteiger partial charge in [0.2, 0.25) is 5.95 Å². The van der Waals surface area contributed by atoms with Gasteiger partial charge in [0.05, 0.1) is 6.20 Å². The monoisotopic (exact) mass is 398 g/mol. The van der Waals surface area contributed by atoms with Crippen LogP contribution in [-0.2, 0) is 0 Å². The van der Waals surface area contributed by atoms with Gasteiger partial charge in [-0.2, -0.15) is 5.10 Å². The van der Waals surface area contributed by atoms with E-state index in [1.54, 1.807) is 36.4 Å². The standard InChI is InChI=1S/C19H23FN8O/c1-19(20)9-28(10-19)13-4-2-12(3-5-13)23-17(29)16-15-14(8-22-26-15)24-18(25-16)27-7-6-21-11-27/h6-8,11-13H,2-5,9-10H2,1H3,(H,22,26)(H,23,29)/t12-,13+. The lowest BCUT2D eigenvalue weighted by Crippen LogP contribution is -2.61. The zero-order chi connectivity index (χ0) is 20.0. The van der Waals surface area contributed by atoms with E-state index >= 15 is 0 Å². The molecule has 2 N–H and O–H groups in total. The molecule has 0 bridgehead atoms. The Morgan fingerprint density at radius 3 is 2.76 bits per heavy atom. The molecule has 1 saturated heterocycles. The lowest BCUT2D eigenvalue weighted by Gasteiger charge is -2.48. The van der Waals surface area contributed by atoms with E-state index in [1.807, 2.05) is 0 Å². The van der Waals surface area contributed by atoms with Crippen molar-refractivity contribution in [2.24, 2.45) is 0 Å². The van der Waals surface area contributed by atoms with Crippen LogP contribution >= 0.6 is 0 Å². The molecule has 0 radical (unpaired) electrons. The number of aromatic nitrogens is 6. The average Bonchev–Trinajstić information content (AvgIpc) is 3.37. The van der Waals surface area contributed by atoms with E-state index in [9.17, 15) is 9.18 Å². The van der Waals surface area contributed by atoms with Crippen LogP contribution in [0.4, 0.5) is 4.39 Å². The molecule has 2 fully saturated rings. The molecule has 152 valence electrons. The zero-order valence-electron chi connectivity index (χ0n) is 16.2. The van der Waals surface area contributed by atoms with E-state index in [2.05, 4.69) is 35.4 Å². The number of likely N-dealkylation sites (tertiary alicyclic amines) is 1. The lowest BCUT2D eigenvalue weighted by molar-refractivity contribution is -0.0538. The third kappa shape index (κ3) is 3.48. The Balaban J connectivity index is 1.28. The van der Waals surface area contributed by atoms with Crippen molar-refractivity contribution >= 4 is 16.9 Å². The molecule has 0 aromatic carbocycles. The maximum Gasteiger partial charge on any atom is 0.272 e. The molecule has 1 aliphatic heterocycles. The number of imidazole rings is 1. The first kappa shape index (κ1) is 18.2. The van der Waals surface area contributed by atoms with Gasteiger partial charge in [0.1, 0.15) is 23.0 Å². The number of fused-ring (bicyclic) bond motifs is 1. The number of carbonyl (C=O) groups excluding carboxylic acids is 1. The van der Waals surface area contributed by atoms with Crippen LogP contribution in [0, 0.1) is 0 Å². The van der Waals surface area contributed by atoms with Gasteiger partial charge in [0, 0.05) is 37.6 Å². The maximum absolute atomic E-state index is 13.8. The molecular weight excluding hydrogens is 375 g/mol. The van der Waals surface area contributed by atoms with Crippen LogP contribution in [0.3, 0.4) is 0 Å². The normalized spacial score (nSPS) is 24.3. The molecule has 1 saturated carbocycles. The third-order valence-electron chi connectivity index (χ3n) is 5.85. The van der Waals surface area contributed by atoms with Gasteiger partial charge >= 0.3 is 0 Å². The van der Waals surface area contributed by atoms with Gasteiger partial charge in [-0.25, -0.2) is 19.3 Å². The van der Waals surface area contributed by atoms with E-state index in [0.29, 0.717) is 36.1 Å². The molecule has 5 rings (SSSR count). The number of H-pyrrole nitrogens is 1. The summed E-state index contributed by atoms with van der Waals surface area (Å²) in [4.78, 5) is 28.1. The zero-order valence-corrected chi connectivity index (χ0v) is 16.2. The van der Waals surface area contributed by atoms with Crippen molar-refractivity contribution in [1.29, 1.82) is 0 Å². The van der Waals surface area contributed by atoms with Crippen molar-refractivity contribution in [2.45, 2.75) is 50.4 Å². The van der Waals surface area contributed by atoms with Crippen LogP contribution in [0.5, 0.6) is 0 Å². The number of hydrogen-bond acceptors (Lipinski definition) is 6. The summed E-state index contributed by atoms with van der Waals surface area (Å²) in [6.45, 7) is 2.69. The number of hydrogen-bond donors (Lipinski definition) is 2. The average molecular weight is 398 g/mol. The minimum absolute atomic E-state index is 0.0846. The number of nitrogens with one attached hydrogen (secondary N) is 2. The van der Waals surface area contributed by atoms with Crippen LogP contribution in [0.15, 0.2) is 24.9 Å². The second kappa shape index (κ2) is 6.87. The molecule has 4 heterocycles. The minimum Gasteiger partial charge on any atom is -0.348 e. The van der Waals surface area contributed by atoms with Gasteiger partial charge in [-0.1, -0.05) is 0 Å². The minimum atomic E-state index is -1.04. The van der Waals surface area contributed by atoms with E-state index < -0.39 is 5.67 Å². The van der Waals surface area contributed by atoms with Gasteiger partial charge in [-0.15, -0.1) is 0 Å². The SMILES string of the molecule is CC1(F)CN([C@H]2CC[C@@H](NC(=O)c3nc(-n4ccnc4)nc4cn[nH]c34)CC2)C1. The summed E-state index contributed by atoms with van der Waals surface area (Å²) in [6, 6.07) is 0.500. The number of amides is 1. The largest absolute Gasteiger partial charge is 0.348 e. The highest BCUT2D eigenvalue weighted by Crippen LogP contribution is 2.32. The van der Waals surface area contributed by atoms with E-state index in [-0.39, 0.29) is 17.6 Å². The topological polar surface area (TPSA) is 105 Å². The molecule has 3 aromatic rings. The first-order valence-electron chi connectivity index (χ1n) is 9.92. The van der Waals surface area contributed by atoms with Gasteiger partial charge in [0.15, 0.2) is 5.69 Å². The Labute approximate surface area is 166 Å². The molecule has 3 aromatic heterocycles. The van der Waals surface area contributed by atoms with Crippen molar-refractivity contribution in [2.75, 3.05) is 13.1 Å². The van der Waals surface area contributed by atoms with Gasteiger partial charge in [0.25, 0.3) is 5.91 Å². The maximum atomic E-state index is 13.8. The Bertz CT molecular complexity index is 1010. The Kier molecular flexibility index (Phi) is 4.30. The number of aromatic amines is 1. The van der Waals surface area contributed by atoms with Crippen LogP contribution in [0.25, 0.3) is 17.0 Å². The fourth-order valence-electron chi connectivity index (χ4n) is 4.38. The molecule has 1 amide bonds. The summed E-state index contributed by atoms with van der Waals surface area (Å²) >= 11 is 0. The Hall–Kier alpha value is -2.88. The second-order valence-corrected chi connectivity index (χ2v) is 8.27. The van der Waals surface area contributed by atoms with Crippen LogP contribution in [0.1, 0.15) is 43.1 Å². The number of rotatable bonds is 4. The fourth-order valence-corrected chi connectivity index (χ4v) is 4.38. The highest BCUT2D eigenvalue weighted by Gasteiger charge is 2.42. The predicted molar refractivity (Wildman–Crippen MR) is 103 cm³/mol. The summed E-state index contributed by atoms with van der Waals surface area (Å²) in [6.07, 6.45) is 10.2. The van der Waals surface area contributed by atoms with E-state index in [1.165, 1.54) is 0 Å². The Morgan fingerprint density at radius 1 is 1.28 bits per heavy atom. The first-order chi connectivity index (χ1) is 14.0. The van der Waals surface area contributed by atoms with Crippen LogP contribution in [0.2, 0.25) is 0 Å². The van der Waals surface area contributed by atoms with Crippen molar-refractivity contribution in [3.05, 3.63) is 30.6 Å². The molecule has 0 unspecified atom stereocenters. The highest BCUT2D eigenvalue weighted by molar-refractivity contribution is 6.02. The highest BCUT2D eigenvalue weighted by atomic mass is 19.1. The van der Waals surface area contributed by atoms with Gasteiger partial charge in [-0.3, -0.25) is 19.4 Å². The van der Waals surface area contributed by atoms with Crippen molar-refractivity contribution in [3.63, 3.8) is 0 Å². The first-order valence-corrected chi connectivity index (χ1v) is 9.92. The fraction of sp³-hybridized carbons (Fsp3) is 0.526. The van der Waals surface area contributed by atoms with Crippen LogP contribution < -0.4 is 5.32 Å². The van der Waals surface area contributed by atoms with Gasteiger partial charge in [-0.05, 0) is 32.6 Å². The molecular formula is C19H23FN8O. The molecule has 1 aliphatic carbocycles. The number of nitrogens with zero attached hydrogens (tertiary/aromatic N) is 6. The molecule has 2 aliphatic rings. The van der Waals surface area contributed by atoms with E-state index in [4.69, 9.17) is 0 Å². The third-order valence-corrected chi connectivity index (χ3v) is 5.85. The molecule has 0 atom stereocenters. The summed E-state index contributed by atoms with van der Waals surface area (Å²) in [5.41, 5.74) is 0.322. The lowest BCUT2D eigenvalue weighted by atomic mass is 9.86. The summed E-state index contributed by atoms with van der Waals surface area (Å²) in [5.74, 6) is 0.129. The van der Waals surface area contributed by atoms with Crippen molar-refractivity contribution < 1.29 is 9.18 Å². The molecule has 9 nitrogen and oxygen atoms in total. The predicted octanol–water partition coefficient (Wildman–Crippen LogP) is 1.62. The molecule has 10 heteroatoms. The molecule has 0 spiro atoms. The summed E-state index contributed by atoms with van der Waals surface area (Å²) < 4.78 is 15.4. The van der Waals surface area contributed by atoms with Crippen molar-refractivity contribution in [1.82, 2.24) is 39.9 Å². The summed E-state index contributed by atoms with van der Waals surface area (Å²) in [7, 11) is 0. The van der Waals surface area contributed by atoms with Crippen LogP contribution in [-0.4, -0.2) is 71.4 Å². The second-order valence-electron chi connectivity index (χ2n) is 8.27.